The Hall–Kier alpha value is -0.920. The van der Waals surface area contributed by atoms with E-state index in [9.17, 15) is 4.39 Å². The van der Waals surface area contributed by atoms with Gasteiger partial charge in [-0.1, -0.05) is 22.9 Å². The third-order valence-electron chi connectivity index (χ3n) is 1.81. The maximum atomic E-state index is 12.9. The Kier molecular flexibility index (Phi) is 4.05. The zero-order valence-electron chi connectivity index (χ0n) is 7.72. The summed E-state index contributed by atoms with van der Waals surface area (Å²) in [6, 6.07) is 5.93. The van der Waals surface area contributed by atoms with Gasteiger partial charge in [0.15, 0.2) is 0 Å². The highest BCUT2D eigenvalue weighted by Gasteiger charge is 2.12. The maximum Gasteiger partial charge on any atom is 0.123 e. The van der Waals surface area contributed by atoms with Crippen molar-refractivity contribution in [1.82, 2.24) is 5.32 Å². The minimum atomic E-state index is -0.468. The minimum Gasteiger partial charge on any atom is -0.298 e. The fraction of sp³-hybridized carbons (Fsp3) is 0.300. The lowest BCUT2D eigenvalue weighted by atomic mass is 10.1. The Balaban J connectivity index is 3.03. The van der Waals surface area contributed by atoms with Crippen LogP contribution in [0.25, 0.3) is 0 Å². The van der Waals surface area contributed by atoms with Gasteiger partial charge in [-0.05, 0) is 24.7 Å². The smallest absolute Gasteiger partial charge is 0.123 e. The molecule has 0 saturated carbocycles. The summed E-state index contributed by atoms with van der Waals surface area (Å²) < 4.78 is 13.7. The molecule has 1 rings (SSSR count). The number of rotatable bonds is 3. The van der Waals surface area contributed by atoms with Crippen LogP contribution in [0.2, 0.25) is 0 Å². The summed E-state index contributed by atoms with van der Waals surface area (Å²) in [6.45, 7) is 2.57. The molecule has 0 aliphatic rings. The lowest BCUT2D eigenvalue weighted by Gasteiger charge is -2.11. The molecule has 0 spiro atoms. The first-order chi connectivity index (χ1) is 6.69. The van der Waals surface area contributed by atoms with Gasteiger partial charge < -0.3 is 0 Å². The Morgan fingerprint density at radius 1 is 1.64 bits per heavy atom. The van der Waals surface area contributed by atoms with Gasteiger partial charge in [0.2, 0.25) is 0 Å². The SMILES string of the molecule is CCNC(C#N)c1cc(F)ccc1Br. The van der Waals surface area contributed by atoms with Crippen LogP contribution in [-0.4, -0.2) is 6.54 Å². The summed E-state index contributed by atoms with van der Waals surface area (Å²) in [6.07, 6.45) is 0. The van der Waals surface area contributed by atoms with Crippen LogP contribution in [0.3, 0.4) is 0 Å². The van der Waals surface area contributed by atoms with Gasteiger partial charge in [-0.25, -0.2) is 4.39 Å². The van der Waals surface area contributed by atoms with Crippen molar-refractivity contribution in [3.05, 3.63) is 34.1 Å². The van der Waals surface area contributed by atoms with E-state index in [1.54, 1.807) is 6.07 Å². The second-order valence-corrected chi connectivity index (χ2v) is 3.64. The Morgan fingerprint density at radius 3 is 2.93 bits per heavy atom. The monoisotopic (exact) mass is 256 g/mol. The Morgan fingerprint density at radius 2 is 2.36 bits per heavy atom. The highest BCUT2D eigenvalue weighted by Crippen LogP contribution is 2.23. The number of halogens is 2. The molecule has 0 aliphatic heterocycles. The third-order valence-corrected chi connectivity index (χ3v) is 2.53. The summed E-state index contributed by atoms with van der Waals surface area (Å²) in [5.74, 6) is -0.332. The summed E-state index contributed by atoms with van der Waals surface area (Å²) in [4.78, 5) is 0. The molecule has 0 fully saturated rings. The summed E-state index contributed by atoms with van der Waals surface area (Å²) in [5, 5.41) is 11.8. The van der Waals surface area contributed by atoms with Crippen molar-refractivity contribution in [1.29, 1.82) is 5.26 Å². The molecule has 1 atom stereocenters. The van der Waals surface area contributed by atoms with Crippen molar-refractivity contribution in [2.24, 2.45) is 0 Å². The molecule has 74 valence electrons. The molecular weight excluding hydrogens is 247 g/mol. The van der Waals surface area contributed by atoms with Crippen molar-refractivity contribution in [2.45, 2.75) is 13.0 Å². The lowest BCUT2D eigenvalue weighted by molar-refractivity contribution is 0.611. The van der Waals surface area contributed by atoms with E-state index in [1.165, 1.54) is 12.1 Å². The fourth-order valence-corrected chi connectivity index (χ4v) is 1.64. The van der Waals surface area contributed by atoms with Gasteiger partial charge in [0.1, 0.15) is 11.9 Å². The van der Waals surface area contributed by atoms with Gasteiger partial charge in [0.25, 0.3) is 0 Å². The highest BCUT2D eigenvalue weighted by atomic mass is 79.9. The highest BCUT2D eigenvalue weighted by molar-refractivity contribution is 9.10. The molecule has 4 heteroatoms. The van der Waals surface area contributed by atoms with Gasteiger partial charge in [-0.2, -0.15) is 5.26 Å². The largest absolute Gasteiger partial charge is 0.298 e. The second-order valence-electron chi connectivity index (χ2n) is 2.79. The third kappa shape index (κ3) is 2.53. The van der Waals surface area contributed by atoms with E-state index in [2.05, 4.69) is 27.3 Å². The molecule has 0 saturated heterocycles. The molecule has 0 amide bonds. The molecule has 0 radical (unpaired) electrons. The van der Waals surface area contributed by atoms with Crippen molar-refractivity contribution >= 4 is 15.9 Å². The normalized spacial score (nSPS) is 12.1. The zero-order valence-corrected chi connectivity index (χ0v) is 9.31. The molecular formula is C10H10BrFN2. The number of nitriles is 1. The van der Waals surface area contributed by atoms with Gasteiger partial charge in [-0.3, -0.25) is 5.32 Å². The predicted octanol–water partition coefficient (Wildman–Crippen LogP) is 2.76. The van der Waals surface area contributed by atoms with Crippen LogP contribution in [0, 0.1) is 17.1 Å². The van der Waals surface area contributed by atoms with E-state index < -0.39 is 6.04 Å². The lowest BCUT2D eigenvalue weighted by Crippen LogP contribution is -2.19. The first kappa shape index (κ1) is 11.2. The van der Waals surface area contributed by atoms with Crippen molar-refractivity contribution < 1.29 is 4.39 Å². The van der Waals surface area contributed by atoms with E-state index in [0.29, 0.717) is 12.1 Å². The van der Waals surface area contributed by atoms with E-state index in [1.807, 2.05) is 6.92 Å². The summed E-state index contributed by atoms with van der Waals surface area (Å²) in [7, 11) is 0. The van der Waals surface area contributed by atoms with Crippen LogP contribution in [0.1, 0.15) is 18.5 Å². The van der Waals surface area contributed by atoms with E-state index in [4.69, 9.17) is 5.26 Å². The van der Waals surface area contributed by atoms with Crippen LogP contribution >= 0.6 is 15.9 Å². The number of hydrogen-bond acceptors (Lipinski definition) is 2. The van der Waals surface area contributed by atoms with E-state index in [0.717, 1.165) is 4.47 Å². The summed E-state index contributed by atoms with van der Waals surface area (Å²) >= 11 is 3.28. The van der Waals surface area contributed by atoms with Crippen LogP contribution < -0.4 is 5.32 Å². The second kappa shape index (κ2) is 5.08. The van der Waals surface area contributed by atoms with Gasteiger partial charge in [0, 0.05) is 10.0 Å². The van der Waals surface area contributed by atoms with Crippen molar-refractivity contribution in [2.75, 3.05) is 6.54 Å². The first-order valence-electron chi connectivity index (χ1n) is 4.27. The van der Waals surface area contributed by atoms with Crippen LogP contribution in [0.15, 0.2) is 22.7 Å². The minimum absolute atomic E-state index is 0.332. The van der Waals surface area contributed by atoms with Gasteiger partial charge >= 0.3 is 0 Å². The van der Waals surface area contributed by atoms with E-state index in [-0.39, 0.29) is 5.82 Å². The molecule has 1 aromatic rings. The molecule has 2 nitrogen and oxygen atoms in total. The molecule has 1 aromatic carbocycles. The average molecular weight is 257 g/mol. The molecule has 0 aromatic heterocycles. The predicted molar refractivity (Wildman–Crippen MR) is 56.1 cm³/mol. The first-order valence-corrected chi connectivity index (χ1v) is 5.06. The van der Waals surface area contributed by atoms with Crippen molar-refractivity contribution in [3.63, 3.8) is 0 Å². The average Bonchev–Trinajstić information content (AvgIpc) is 2.18. The van der Waals surface area contributed by atoms with Gasteiger partial charge in [-0.15, -0.1) is 0 Å². The number of nitrogens with one attached hydrogen (secondary N) is 1. The van der Waals surface area contributed by atoms with E-state index >= 15 is 0 Å². The Labute approximate surface area is 90.9 Å². The standard InChI is InChI=1S/C10H10BrFN2/c1-2-14-10(6-13)8-5-7(12)3-4-9(8)11/h3-5,10,14H,2H2,1H3. The molecule has 1 unspecified atom stereocenters. The topological polar surface area (TPSA) is 35.8 Å². The number of benzene rings is 1. The quantitative estimate of drug-likeness (QED) is 0.903. The number of nitrogens with zero attached hydrogens (tertiary/aromatic N) is 1. The molecule has 0 bridgehead atoms. The fourth-order valence-electron chi connectivity index (χ4n) is 1.17. The maximum absolute atomic E-state index is 12.9. The van der Waals surface area contributed by atoms with Crippen LogP contribution in [0.5, 0.6) is 0 Å². The van der Waals surface area contributed by atoms with Crippen LogP contribution in [-0.2, 0) is 0 Å². The molecule has 1 N–H and O–H groups in total. The molecule has 0 heterocycles. The van der Waals surface area contributed by atoms with Crippen molar-refractivity contribution in [3.8, 4) is 6.07 Å². The number of hydrogen-bond donors (Lipinski definition) is 1. The Bertz CT molecular complexity index is 360. The molecule has 0 aliphatic carbocycles. The van der Waals surface area contributed by atoms with Crippen LogP contribution in [0.4, 0.5) is 4.39 Å². The zero-order chi connectivity index (χ0) is 10.6. The summed E-state index contributed by atoms with van der Waals surface area (Å²) in [5.41, 5.74) is 0.634. The van der Waals surface area contributed by atoms with Gasteiger partial charge in [0.05, 0.1) is 6.07 Å². The molecule has 14 heavy (non-hydrogen) atoms.